The van der Waals surface area contributed by atoms with Crippen molar-refractivity contribution in [3.05, 3.63) is 101 Å². The molecule has 0 radical (unpaired) electrons. The third-order valence-electron chi connectivity index (χ3n) is 7.49. The number of amides is 1. The van der Waals surface area contributed by atoms with Crippen molar-refractivity contribution in [3.63, 3.8) is 0 Å². The maximum absolute atomic E-state index is 14.0. The standard InChI is InChI=1S/C34H37FN4O3/c1-24-6-11-31(35)26(18-24)20-28(40)19-25-7-9-29(10-8-25)42-30-12-14-36-33(22-30)32-21-27(23-38-32)34(41)37-13-5-17-39-15-3-2-4-16-39/h6-12,14,18,21-23,38H,2-5,13,15-17,19-20H2,1H3,(H,37,41). The summed E-state index contributed by atoms with van der Waals surface area (Å²) in [6.07, 6.45) is 8.43. The largest absolute Gasteiger partial charge is 0.457 e. The van der Waals surface area contributed by atoms with Gasteiger partial charge in [-0.2, -0.15) is 0 Å². The van der Waals surface area contributed by atoms with Crippen molar-refractivity contribution >= 4 is 11.7 Å². The van der Waals surface area contributed by atoms with Crippen LogP contribution in [-0.4, -0.2) is 52.7 Å². The van der Waals surface area contributed by atoms with Gasteiger partial charge in [-0.15, -0.1) is 0 Å². The van der Waals surface area contributed by atoms with Gasteiger partial charge in [-0.05, 0) is 87.3 Å². The average molecular weight is 569 g/mol. The second-order valence-electron chi connectivity index (χ2n) is 10.9. The minimum absolute atomic E-state index is 0.0524. The van der Waals surface area contributed by atoms with Crippen molar-refractivity contribution < 1.29 is 18.7 Å². The minimum atomic E-state index is -0.355. The number of aromatic amines is 1. The van der Waals surface area contributed by atoms with E-state index in [-0.39, 0.29) is 30.3 Å². The highest BCUT2D eigenvalue weighted by atomic mass is 19.1. The van der Waals surface area contributed by atoms with Crippen molar-refractivity contribution in [2.24, 2.45) is 0 Å². The molecule has 3 heterocycles. The first-order chi connectivity index (χ1) is 20.4. The Morgan fingerprint density at radius 1 is 0.976 bits per heavy atom. The summed E-state index contributed by atoms with van der Waals surface area (Å²) in [5.74, 6) is 0.697. The zero-order valence-corrected chi connectivity index (χ0v) is 24.0. The lowest BCUT2D eigenvalue weighted by Gasteiger charge is -2.26. The number of ketones is 1. The van der Waals surface area contributed by atoms with Gasteiger partial charge in [0.05, 0.1) is 17.0 Å². The Kier molecular flexibility index (Phi) is 9.77. The molecule has 7 nitrogen and oxygen atoms in total. The van der Waals surface area contributed by atoms with E-state index < -0.39 is 0 Å². The molecule has 1 saturated heterocycles. The molecule has 1 amide bonds. The van der Waals surface area contributed by atoms with E-state index >= 15 is 0 Å². The van der Waals surface area contributed by atoms with E-state index in [4.69, 9.17) is 4.74 Å². The molecule has 0 saturated carbocycles. The van der Waals surface area contributed by atoms with Crippen molar-refractivity contribution in [2.75, 3.05) is 26.2 Å². The van der Waals surface area contributed by atoms with Gasteiger partial charge in [-0.3, -0.25) is 14.6 Å². The Bertz CT molecular complexity index is 1510. The summed E-state index contributed by atoms with van der Waals surface area (Å²) in [6, 6.07) is 17.5. The lowest BCUT2D eigenvalue weighted by molar-refractivity contribution is -0.117. The smallest absolute Gasteiger partial charge is 0.252 e. The van der Waals surface area contributed by atoms with Crippen LogP contribution in [0.25, 0.3) is 11.4 Å². The van der Waals surface area contributed by atoms with Gasteiger partial charge >= 0.3 is 0 Å². The van der Waals surface area contributed by atoms with Crippen molar-refractivity contribution in [1.29, 1.82) is 0 Å². The number of pyridine rings is 1. The number of piperidine rings is 1. The second-order valence-corrected chi connectivity index (χ2v) is 10.9. The number of Topliss-reactive ketones (excluding diaryl/α,β-unsaturated/α-hetero) is 1. The molecule has 1 aliphatic heterocycles. The number of nitrogens with zero attached hydrogens (tertiary/aromatic N) is 2. The molecule has 2 N–H and O–H groups in total. The summed E-state index contributed by atoms with van der Waals surface area (Å²) in [5.41, 5.74) is 4.12. The molecule has 1 aliphatic rings. The van der Waals surface area contributed by atoms with Crippen molar-refractivity contribution in [1.82, 2.24) is 20.2 Å². The van der Waals surface area contributed by atoms with Crippen LogP contribution < -0.4 is 10.1 Å². The number of aromatic nitrogens is 2. The van der Waals surface area contributed by atoms with Gasteiger partial charge < -0.3 is 19.9 Å². The van der Waals surface area contributed by atoms with Crippen molar-refractivity contribution in [3.8, 4) is 22.9 Å². The van der Waals surface area contributed by atoms with Gasteiger partial charge in [0.15, 0.2) is 0 Å². The predicted octanol–water partition coefficient (Wildman–Crippen LogP) is 6.28. The van der Waals surface area contributed by atoms with Crippen LogP contribution in [0.4, 0.5) is 4.39 Å². The highest BCUT2D eigenvalue weighted by Gasteiger charge is 2.13. The zero-order chi connectivity index (χ0) is 29.3. The first-order valence-electron chi connectivity index (χ1n) is 14.6. The molecule has 2 aromatic heterocycles. The fourth-order valence-corrected chi connectivity index (χ4v) is 5.24. The molecule has 0 unspecified atom stereocenters. The zero-order valence-electron chi connectivity index (χ0n) is 24.0. The third kappa shape index (κ3) is 8.13. The van der Waals surface area contributed by atoms with E-state index in [1.165, 1.54) is 25.3 Å². The number of rotatable bonds is 12. The highest BCUT2D eigenvalue weighted by molar-refractivity contribution is 5.95. The number of ether oxygens (including phenoxy) is 1. The maximum Gasteiger partial charge on any atom is 0.252 e. The molecule has 218 valence electrons. The van der Waals surface area contributed by atoms with Crippen LogP contribution in [0.5, 0.6) is 11.5 Å². The molecule has 42 heavy (non-hydrogen) atoms. The molecule has 5 rings (SSSR count). The molecule has 0 atom stereocenters. The highest BCUT2D eigenvalue weighted by Crippen LogP contribution is 2.26. The van der Waals surface area contributed by atoms with Crippen molar-refractivity contribution in [2.45, 2.75) is 45.4 Å². The van der Waals surface area contributed by atoms with Crippen LogP contribution in [0.15, 0.2) is 73.1 Å². The van der Waals surface area contributed by atoms with Crippen LogP contribution in [0.2, 0.25) is 0 Å². The van der Waals surface area contributed by atoms with E-state index in [9.17, 15) is 14.0 Å². The normalized spacial score (nSPS) is 13.6. The summed E-state index contributed by atoms with van der Waals surface area (Å²) in [5, 5.41) is 3.01. The van der Waals surface area contributed by atoms with Crippen LogP contribution in [0.3, 0.4) is 0 Å². The van der Waals surface area contributed by atoms with Gasteiger partial charge in [0.2, 0.25) is 0 Å². The number of H-pyrrole nitrogens is 1. The Hall–Kier alpha value is -4.30. The SMILES string of the molecule is Cc1ccc(F)c(CC(=O)Cc2ccc(Oc3ccnc(-c4cc(C(=O)NCCCN5CCCCC5)c[nH]4)c3)cc2)c1. The first kappa shape index (κ1) is 29.2. The number of halogens is 1. The number of aryl methyl sites for hydroxylation is 1. The average Bonchev–Trinajstić information content (AvgIpc) is 3.50. The number of hydrogen-bond donors (Lipinski definition) is 2. The molecular formula is C34H37FN4O3. The number of carbonyl (C=O) groups is 2. The summed E-state index contributed by atoms with van der Waals surface area (Å²) >= 11 is 0. The van der Waals surface area contributed by atoms with E-state index in [0.717, 1.165) is 42.9 Å². The van der Waals surface area contributed by atoms with E-state index in [1.807, 2.05) is 19.1 Å². The molecule has 8 heteroatoms. The predicted molar refractivity (Wildman–Crippen MR) is 161 cm³/mol. The fraction of sp³-hybridized carbons (Fsp3) is 0.324. The first-order valence-corrected chi connectivity index (χ1v) is 14.6. The van der Waals surface area contributed by atoms with E-state index in [0.29, 0.717) is 34.9 Å². The van der Waals surface area contributed by atoms with Gasteiger partial charge in [-0.1, -0.05) is 36.2 Å². The second kappa shape index (κ2) is 14.0. The molecule has 0 spiro atoms. The summed E-state index contributed by atoms with van der Waals surface area (Å²) < 4.78 is 20.0. The summed E-state index contributed by atoms with van der Waals surface area (Å²) in [4.78, 5) is 35.2. The molecule has 4 aromatic rings. The van der Waals surface area contributed by atoms with Crippen LogP contribution in [-0.2, 0) is 17.6 Å². The third-order valence-corrected chi connectivity index (χ3v) is 7.49. The molecule has 0 bridgehead atoms. The van der Waals surface area contributed by atoms with Crippen LogP contribution >= 0.6 is 0 Å². The number of benzene rings is 2. The monoisotopic (exact) mass is 568 g/mol. The molecule has 0 aliphatic carbocycles. The van der Waals surface area contributed by atoms with Gasteiger partial charge in [0, 0.05) is 37.8 Å². The number of likely N-dealkylation sites (tertiary alicyclic amines) is 1. The Labute approximate surface area is 246 Å². The quantitative estimate of drug-likeness (QED) is 0.197. The van der Waals surface area contributed by atoms with E-state index in [1.54, 1.807) is 54.9 Å². The Morgan fingerprint density at radius 2 is 1.79 bits per heavy atom. The topological polar surface area (TPSA) is 87.3 Å². The summed E-state index contributed by atoms with van der Waals surface area (Å²) in [6.45, 7) is 5.87. The number of carbonyl (C=O) groups excluding carboxylic acids is 2. The minimum Gasteiger partial charge on any atom is -0.457 e. The van der Waals surface area contributed by atoms with Gasteiger partial charge in [0.1, 0.15) is 23.1 Å². The van der Waals surface area contributed by atoms with Crippen LogP contribution in [0.1, 0.15) is 52.7 Å². The number of nitrogens with one attached hydrogen (secondary N) is 2. The molecular weight excluding hydrogens is 531 g/mol. The summed E-state index contributed by atoms with van der Waals surface area (Å²) in [7, 11) is 0. The Balaban J connectivity index is 1.12. The number of hydrogen-bond acceptors (Lipinski definition) is 5. The lowest BCUT2D eigenvalue weighted by atomic mass is 10.0. The molecule has 2 aromatic carbocycles. The van der Waals surface area contributed by atoms with Gasteiger partial charge in [-0.25, -0.2) is 4.39 Å². The Morgan fingerprint density at radius 3 is 2.60 bits per heavy atom. The molecule has 1 fully saturated rings. The lowest BCUT2D eigenvalue weighted by Crippen LogP contribution is -2.33. The fourth-order valence-electron chi connectivity index (χ4n) is 5.24. The van der Waals surface area contributed by atoms with Crippen LogP contribution in [0, 0.1) is 12.7 Å². The van der Waals surface area contributed by atoms with E-state index in [2.05, 4.69) is 20.2 Å². The van der Waals surface area contributed by atoms with Gasteiger partial charge in [0.25, 0.3) is 5.91 Å². The maximum atomic E-state index is 14.0.